The van der Waals surface area contributed by atoms with Gasteiger partial charge >= 0.3 is 5.97 Å². The van der Waals surface area contributed by atoms with Crippen LogP contribution in [0.15, 0.2) is 6.07 Å². The number of hydrogen-bond donors (Lipinski definition) is 2. The molecule has 1 rings (SSSR count). The highest BCUT2D eigenvalue weighted by Crippen LogP contribution is 2.29. The number of aliphatic hydroxyl groups is 1. The number of aliphatic hydroxyl groups excluding tert-OH is 1. The molecule has 0 aliphatic heterocycles. The Hall–Kier alpha value is -0.870. The summed E-state index contributed by atoms with van der Waals surface area (Å²) in [6.45, 7) is 4.03. The third-order valence-electron chi connectivity index (χ3n) is 2.56. The van der Waals surface area contributed by atoms with E-state index in [1.807, 2.05) is 19.9 Å². The number of carboxylic acids is 1. The lowest BCUT2D eigenvalue weighted by Crippen LogP contribution is -1.99. The number of carboxylic acid groups (broad SMARTS) is 1. The zero-order valence-electron chi connectivity index (χ0n) is 9.69. The molecule has 90 valence electrons. The van der Waals surface area contributed by atoms with Gasteiger partial charge < -0.3 is 10.2 Å². The van der Waals surface area contributed by atoms with E-state index in [0.717, 1.165) is 16.9 Å². The van der Waals surface area contributed by atoms with E-state index in [1.54, 1.807) is 11.3 Å². The van der Waals surface area contributed by atoms with Crippen molar-refractivity contribution in [3.05, 3.63) is 21.4 Å². The molecule has 0 spiro atoms. The zero-order chi connectivity index (χ0) is 12.1. The minimum atomic E-state index is -0.767. The summed E-state index contributed by atoms with van der Waals surface area (Å²) in [4.78, 5) is 12.7. The third-order valence-corrected chi connectivity index (χ3v) is 3.54. The SMILES string of the molecule is Cc1cc(C(O)CCCCC(=O)O)c(C)s1. The van der Waals surface area contributed by atoms with Gasteiger partial charge in [0.1, 0.15) is 0 Å². The van der Waals surface area contributed by atoms with Crippen LogP contribution in [0.4, 0.5) is 0 Å². The van der Waals surface area contributed by atoms with E-state index in [2.05, 4.69) is 0 Å². The van der Waals surface area contributed by atoms with E-state index < -0.39 is 12.1 Å². The van der Waals surface area contributed by atoms with E-state index >= 15 is 0 Å². The normalized spacial score (nSPS) is 12.7. The fourth-order valence-electron chi connectivity index (χ4n) is 1.75. The minimum Gasteiger partial charge on any atom is -0.481 e. The Morgan fingerprint density at radius 1 is 1.44 bits per heavy atom. The number of unbranched alkanes of at least 4 members (excludes halogenated alkanes) is 1. The summed E-state index contributed by atoms with van der Waals surface area (Å²) in [6.07, 6.45) is 1.77. The van der Waals surface area contributed by atoms with Crippen molar-refractivity contribution in [1.82, 2.24) is 0 Å². The van der Waals surface area contributed by atoms with Crippen molar-refractivity contribution in [2.24, 2.45) is 0 Å². The second-order valence-electron chi connectivity index (χ2n) is 4.02. The van der Waals surface area contributed by atoms with Crippen LogP contribution in [0.5, 0.6) is 0 Å². The van der Waals surface area contributed by atoms with Crippen molar-refractivity contribution < 1.29 is 15.0 Å². The van der Waals surface area contributed by atoms with Crippen LogP contribution in [-0.4, -0.2) is 16.2 Å². The van der Waals surface area contributed by atoms with Crippen molar-refractivity contribution in [1.29, 1.82) is 0 Å². The molecule has 0 aliphatic rings. The maximum atomic E-state index is 10.3. The average molecular weight is 242 g/mol. The number of thiophene rings is 1. The van der Waals surface area contributed by atoms with E-state index in [4.69, 9.17) is 5.11 Å². The highest BCUT2D eigenvalue weighted by atomic mass is 32.1. The maximum Gasteiger partial charge on any atom is 0.303 e. The third kappa shape index (κ3) is 3.94. The van der Waals surface area contributed by atoms with Gasteiger partial charge in [-0.25, -0.2) is 0 Å². The minimum absolute atomic E-state index is 0.189. The van der Waals surface area contributed by atoms with E-state index in [1.165, 1.54) is 4.88 Å². The second kappa shape index (κ2) is 6.01. The molecule has 1 unspecified atom stereocenters. The van der Waals surface area contributed by atoms with Crippen LogP contribution >= 0.6 is 11.3 Å². The molecule has 3 nitrogen and oxygen atoms in total. The molecule has 0 aromatic carbocycles. The molecule has 0 radical (unpaired) electrons. The van der Waals surface area contributed by atoms with Gasteiger partial charge in [-0.15, -0.1) is 11.3 Å². The van der Waals surface area contributed by atoms with Crippen LogP contribution in [-0.2, 0) is 4.79 Å². The molecule has 0 saturated heterocycles. The Balaban J connectivity index is 2.38. The first-order chi connectivity index (χ1) is 7.50. The molecule has 1 atom stereocenters. The molecular weight excluding hydrogens is 224 g/mol. The number of aliphatic carboxylic acids is 1. The Bertz CT molecular complexity index is 357. The van der Waals surface area contributed by atoms with Gasteiger partial charge in [0.15, 0.2) is 0 Å². The van der Waals surface area contributed by atoms with Crippen LogP contribution in [0.1, 0.15) is 47.1 Å². The van der Waals surface area contributed by atoms with Crippen LogP contribution in [0, 0.1) is 13.8 Å². The lowest BCUT2D eigenvalue weighted by atomic mass is 10.0. The summed E-state index contributed by atoms with van der Waals surface area (Å²) in [5.74, 6) is -0.767. The largest absolute Gasteiger partial charge is 0.481 e. The molecule has 0 aliphatic carbocycles. The van der Waals surface area contributed by atoms with E-state index in [9.17, 15) is 9.90 Å². The molecule has 0 bridgehead atoms. The van der Waals surface area contributed by atoms with Gasteiger partial charge in [0.2, 0.25) is 0 Å². The highest BCUT2D eigenvalue weighted by molar-refractivity contribution is 7.12. The van der Waals surface area contributed by atoms with Crippen molar-refractivity contribution in [2.45, 2.75) is 45.6 Å². The Kier molecular flexibility index (Phi) is 4.96. The van der Waals surface area contributed by atoms with Gasteiger partial charge in [-0.05, 0) is 44.7 Å². The second-order valence-corrected chi connectivity index (χ2v) is 5.48. The molecule has 0 amide bonds. The lowest BCUT2D eigenvalue weighted by molar-refractivity contribution is -0.137. The first kappa shape index (κ1) is 13.2. The number of rotatable bonds is 6. The number of aryl methyl sites for hydroxylation is 2. The topological polar surface area (TPSA) is 57.5 Å². The van der Waals surface area contributed by atoms with Crippen molar-refractivity contribution >= 4 is 17.3 Å². The predicted molar refractivity (Wildman–Crippen MR) is 64.9 cm³/mol. The number of hydrogen-bond acceptors (Lipinski definition) is 3. The van der Waals surface area contributed by atoms with Crippen LogP contribution in [0.25, 0.3) is 0 Å². The van der Waals surface area contributed by atoms with Crippen LogP contribution in [0.3, 0.4) is 0 Å². The van der Waals surface area contributed by atoms with Gasteiger partial charge in [-0.1, -0.05) is 0 Å². The number of carbonyl (C=O) groups is 1. The molecule has 0 fully saturated rings. The zero-order valence-corrected chi connectivity index (χ0v) is 10.5. The molecule has 0 saturated carbocycles. The summed E-state index contributed by atoms with van der Waals surface area (Å²) in [7, 11) is 0. The smallest absolute Gasteiger partial charge is 0.303 e. The molecule has 1 aromatic rings. The van der Waals surface area contributed by atoms with Gasteiger partial charge in [-0.2, -0.15) is 0 Å². The monoisotopic (exact) mass is 242 g/mol. The first-order valence-corrected chi connectivity index (χ1v) is 6.29. The van der Waals surface area contributed by atoms with Crippen molar-refractivity contribution in [2.75, 3.05) is 0 Å². The summed E-state index contributed by atoms with van der Waals surface area (Å²) in [6, 6.07) is 2.02. The van der Waals surface area contributed by atoms with Gasteiger partial charge in [0, 0.05) is 16.2 Å². The first-order valence-electron chi connectivity index (χ1n) is 5.47. The molecule has 2 N–H and O–H groups in total. The van der Waals surface area contributed by atoms with Crippen LogP contribution < -0.4 is 0 Å². The molecular formula is C12H18O3S. The standard InChI is InChI=1S/C12H18O3S/c1-8-7-10(9(2)16-8)11(13)5-3-4-6-12(14)15/h7,11,13H,3-6H2,1-2H3,(H,14,15). The maximum absolute atomic E-state index is 10.3. The van der Waals surface area contributed by atoms with Gasteiger partial charge in [0.25, 0.3) is 0 Å². The molecule has 1 aromatic heterocycles. The van der Waals surface area contributed by atoms with E-state index in [-0.39, 0.29) is 6.42 Å². The Labute approximate surface area is 99.7 Å². The molecule has 1 heterocycles. The Morgan fingerprint density at radius 2 is 2.12 bits per heavy atom. The Morgan fingerprint density at radius 3 is 2.62 bits per heavy atom. The lowest BCUT2D eigenvalue weighted by Gasteiger charge is -2.09. The predicted octanol–water partition coefficient (Wildman–Crippen LogP) is 3.04. The van der Waals surface area contributed by atoms with Gasteiger partial charge in [-0.3, -0.25) is 4.79 Å². The van der Waals surface area contributed by atoms with E-state index in [0.29, 0.717) is 12.8 Å². The summed E-state index contributed by atoms with van der Waals surface area (Å²) >= 11 is 1.69. The fourth-order valence-corrected chi connectivity index (χ4v) is 2.73. The molecule has 4 heteroatoms. The van der Waals surface area contributed by atoms with Crippen LogP contribution in [0.2, 0.25) is 0 Å². The average Bonchev–Trinajstić information content (AvgIpc) is 2.52. The van der Waals surface area contributed by atoms with Gasteiger partial charge in [0.05, 0.1) is 6.10 Å². The summed E-state index contributed by atoms with van der Waals surface area (Å²) in [5, 5.41) is 18.4. The molecule has 16 heavy (non-hydrogen) atoms. The fraction of sp³-hybridized carbons (Fsp3) is 0.583. The summed E-state index contributed by atoms with van der Waals surface area (Å²) < 4.78 is 0. The van der Waals surface area contributed by atoms with Crippen molar-refractivity contribution in [3.63, 3.8) is 0 Å². The quantitative estimate of drug-likeness (QED) is 0.754. The van der Waals surface area contributed by atoms with Crippen molar-refractivity contribution in [3.8, 4) is 0 Å². The highest BCUT2D eigenvalue weighted by Gasteiger charge is 2.12. The summed E-state index contributed by atoms with van der Waals surface area (Å²) in [5.41, 5.74) is 0.998.